The average molecular weight is 481 g/mol. The molecule has 1 aliphatic rings. The van der Waals surface area contributed by atoms with Gasteiger partial charge in [-0.2, -0.15) is 5.26 Å². The molecule has 1 amide bonds. The summed E-state index contributed by atoms with van der Waals surface area (Å²) < 4.78 is 67.9. The van der Waals surface area contributed by atoms with E-state index in [2.05, 4.69) is 4.72 Å². The standard InChI is InChI=1S/C22H23F3N4O3S/c23-19-12-21(25)20(24)10-15(19)9-16(27)11-22(30)29-7-5-17(6-8-29)28-33(31,32)18-3-1-14(13-26)2-4-18/h1-4,10,12,16-17,28H,5-9,11,27H2. The molecule has 11 heteroatoms. The number of carbonyl (C=O) groups is 1. The van der Waals surface area contributed by atoms with E-state index in [1.807, 2.05) is 6.07 Å². The number of amides is 1. The number of rotatable bonds is 7. The van der Waals surface area contributed by atoms with E-state index in [0.29, 0.717) is 37.6 Å². The molecule has 0 aromatic heterocycles. The van der Waals surface area contributed by atoms with Crippen LogP contribution in [-0.4, -0.2) is 44.4 Å². The highest BCUT2D eigenvalue weighted by molar-refractivity contribution is 7.89. The molecule has 0 spiro atoms. The zero-order valence-electron chi connectivity index (χ0n) is 17.6. The van der Waals surface area contributed by atoms with Crippen molar-refractivity contribution < 1.29 is 26.4 Å². The van der Waals surface area contributed by atoms with Crippen LogP contribution in [0.5, 0.6) is 0 Å². The lowest BCUT2D eigenvalue weighted by Crippen LogP contribution is -2.47. The Bertz CT molecular complexity index is 1160. The van der Waals surface area contributed by atoms with Crippen molar-refractivity contribution in [3.8, 4) is 6.07 Å². The van der Waals surface area contributed by atoms with Gasteiger partial charge >= 0.3 is 0 Å². The molecule has 1 aliphatic heterocycles. The molecule has 1 unspecified atom stereocenters. The summed E-state index contributed by atoms with van der Waals surface area (Å²) in [5.41, 5.74) is 6.17. The van der Waals surface area contributed by atoms with Gasteiger partial charge in [-0.1, -0.05) is 0 Å². The fourth-order valence-corrected chi connectivity index (χ4v) is 4.98. The van der Waals surface area contributed by atoms with Gasteiger partial charge in [-0.3, -0.25) is 4.79 Å². The molecule has 1 heterocycles. The number of nitrogens with one attached hydrogen (secondary N) is 1. The van der Waals surface area contributed by atoms with Gasteiger partial charge in [0.15, 0.2) is 11.6 Å². The van der Waals surface area contributed by atoms with Gasteiger partial charge in [0, 0.05) is 37.7 Å². The van der Waals surface area contributed by atoms with Gasteiger partial charge in [0.1, 0.15) is 5.82 Å². The Kier molecular flexibility index (Phi) is 7.73. The molecule has 0 aliphatic carbocycles. The molecule has 2 aromatic carbocycles. The third-order valence-corrected chi connectivity index (χ3v) is 7.01. The van der Waals surface area contributed by atoms with E-state index in [1.165, 1.54) is 24.3 Å². The summed E-state index contributed by atoms with van der Waals surface area (Å²) in [4.78, 5) is 14.1. The smallest absolute Gasteiger partial charge is 0.240 e. The van der Waals surface area contributed by atoms with Crippen molar-refractivity contribution in [1.29, 1.82) is 5.26 Å². The molecule has 1 saturated heterocycles. The van der Waals surface area contributed by atoms with Crippen LogP contribution in [0, 0.1) is 28.8 Å². The Labute approximate surface area is 190 Å². The number of nitrogens with two attached hydrogens (primary N) is 1. The molecule has 7 nitrogen and oxygen atoms in total. The summed E-state index contributed by atoms with van der Waals surface area (Å²) in [5.74, 6) is -3.68. The van der Waals surface area contributed by atoms with Gasteiger partial charge in [-0.15, -0.1) is 0 Å². The number of likely N-dealkylation sites (tertiary alicyclic amines) is 1. The predicted octanol–water partition coefficient (Wildman–Crippen LogP) is 2.20. The van der Waals surface area contributed by atoms with Crippen LogP contribution in [0.2, 0.25) is 0 Å². The SMILES string of the molecule is N#Cc1ccc(S(=O)(=O)NC2CCN(C(=O)CC(N)Cc3cc(F)c(F)cc3F)CC2)cc1. The van der Waals surface area contributed by atoms with Crippen molar-refractivity contribution in [3.05, 3.63) is 65.0 Å². The van der Waals surface area contributed by atoms with Crippen LogP contribution in [-0.2, 0) is 21.2 Å². The zero-order chi connectivity index (χ0) is 24.2. The number of hydrogen-bond donors (Lipinski definition) is 2. The molecule has 0 saturated carbocycles. The first-order chi connectivity index (χ1) is 15.6. The number of hydrogen-bond acceptors (Lipinski definition) is 5. The first-order valence-electron chi connectivity index (χ1n) is 10.3. The van der Waals surface area contributed by atoms with Crippen LogP contribution >= 0.6 is 0 Å². The van der Waals surface area contributed by atoms with Crippen molar-refractivity contribution in [2.24, 2.45) is 5.73 Å². The van der Waals surface area contributed by atoms with Gasteiger partial charge in [0.05, 0.1) is 16.5 Å². The molecule has 176 valence electrons. The molecular formula is C22H23F3N4O3S. The third kappa shape index (κ3) is 6.31. The lowest BCUT2D eigenvalue weighted by Gasteiger charge is -2.33. The van der Waals surface area contributed by atoms with Crippen LogP contribution in [0.3, 0.4) is 0 Å². The topological polar surface area (TPSA) is 116 Å². The number of halogens is 3. The molecule has 33 heavy (non-hydrogen) atoms. The molecule has 1 atom stereocenters. The lowest BCUT2D eigenvalue weighted by atomic mass is 10.0. The summed E-state index contributed by atoms with van der Waals surface area (Å²) in [7, 11) is -3.76. The second-order valence-corrected chi connectivity index (χ2v) is 9.65. The molecular weight excluding hydrogens is 457 g/mol. The highest BCUT2D eigenvalue weighted by atomic mass is 32.2. The predicted molar refractivity (Wildman–Crippen MR) is 114 cm³/mol. The maximum Gasteiger partial charge on any atom is 0.240 e. The molecule has 0 radical (unpaired) electrons. The van der Waals surface area contributed by atoms with E-state index in [1.54, 1.807) is 4.90 Å². The summed E-state index contributed by atoms with van der Waals surface area (Å²) in [6, 6.07) is 7.52. The normalized spacial score (nSPS) is 15.8. The van der Waals surface area contributed by atoms with Crippen LogP contribution in [0.1, 0.15) is 30.4 Å². The average Bonchev–Trinajstić information content (AvgIpc) is 2.77. The molecule has 3 rings (SSSR count). The van der Waals surface area contributed by atoms with Crippen molar-refractivity contribution in [2.75, 3.05) is 13.1 Å². The third-order valence-electron chi connectivity index (χ3n) is 5.47. The Morgan fingerprint density at radius 2 is 1.73 bits per heavy atom. The lowest BCUT2D eigenvalue weighted by molar-refractivity contribution is -0.132. The first kappa shape index (κ1) is 24.7. The second kappa shape index (κ2) is 10.3. The minimum absolute atomic E-state index is 0.0513. The van der Waals surface area contributed by atoms with Gasteiger partial charge in [-0.05, 0) is 55.2 Å². The minimum Gasteiger partial charge on any atom is -0.343 e. The van der Waals surface area contributed by atoms with Crippen LogP contribution < -0.4 is 10.5 Å². The number of piperidine rings is 1. The summed E-state index contributed by atoms with van der Waals surface area (Å²) >= 11 is 0. The summed E-state index contributed by atoms with van der Waals surface area (Å²) in [5, 5.41) is 8.82. The van der Waals surface area contributed by atoms with Crippen LogP contribution in [0.4, 0.5) is 13.2 Å². The Balaban J connectivity index is 1.50. The Morgan fingerprint density at radius 3 is 2.33 bits per heavy atom. The number of sulfonamides is 1. The van der Waals surface area contributed by atoms with Gasteiger partial charge < -0.3 is 10.6 Å². The molecule has 1 fully saturated rings. The zero-order valence-corrected chi connectivity index (χ0v) is 18.4. The fourth-order valence-electron chi connectivity index (χ4n) is 3.67. The number of benzene rings is 2. The second-order valence-electron chi connectivity index (χ2n) is 7.94. The fraction of sp³-hybridized carbons (Fsp3) is 0.364. The van der Waals surface area contributed by atoms with E-state index in [0.717, 1.165) is 6.07 Å². The first-order valence-corrected chi connectivity index (χ1v) is 11.8. The Morgan fingerprint density at radius 1 is 1.12 bits per heavy atom. The van der Waals surface area contributed by atoms with Crippen molar-refractivity contribution in [2.45, 2.75) is 42.7 Å². The van der Waals surface area contributed by atoms with Gasteiger partial charge in [0.25, 0.3) is 0 Å². The summed E-state index contributed by atoms with van der Waals surface area (Å²) in [6.45, 7) is 0.622. The van der Waals surface area contributed by atoms with E-state index >= 15 is 0 Å². The quantitative estimate of drug-likeness (QED) is 0.590. The molecule has 0 bridgehead atoms. The maximum absolute atomic E-state index is 13.8. The molecule has 2 aromatic rings. The Hall–Kier alpha value is -2.94. The van der Waals surface area contributed by atoms with E-state index < -0.39 is 33.5 Å². The summed E-state index contributed by atoms with van der Waals surface area (Å²) in [6.07, 6.45) is 0.554. The minimum atomic E-state index is -3.76. The van der Waals surface area contributed by atoms with Gasteiger partial charge in [0.2, 0.25) is 15.9 Å². The van der Waals surface area contributed by atoms with Crippen molar-refractivity contribution in [1.82, 2.24) is 9.62 Å². The largest absolute Gasteiger partial charge is 0.343 e. The van der Waals surface area contributed by atoms with E-state index in [4.69, 9.17) is 11.0 Å². The number of nitrogens with zero attached hydrogens (tertiary/aromatic N) is 2. The molecule has 3 N–H and O–H groups in total. The van der Waals surface area contributed by atoms with Gasteiger partial charge in [-0.25, -0.2) is 26.3 Å². The highest BCUT2D eigenvalue weighted by Crippen LogP contribution is 2.19. The van der Waals surface area contributed by atoms with Crippen LogP contribution in [0.25, 0.3) is 0 Å². The van der Waals surface area contributed by atoms with Crippen molar-refractivity contribution >= 4 is 15.9 Å². The number of nitriles is 1. The van der Waals surface area contributed by atoms with E-state index in [-0.39, 0.29) is 35.2 Å². The van der Waals surface area contributed by atoms with Crippen LogP contribution in [0.15, 0.2) is 41.3 Å². The van der Waals surface area contributed by atoms with E-state index in [9.17, 15) is 26.4 Å². The highest BCUT2D eigenvalue weighted by Gasteiger charge is 2.27. The van der Waals surface area contributed by atoms with Crippen molar-refractivity contribution in [3.63, 3.8) is 0 Å². The monoisotopic (exact) mass is 480 g/mol. The number of carbonyl (C=O) groups excluding carboxylic acids is 1. The maximum atomic E-state index is 13.8.